The van der Waals surface area contributed by atoms with E-state index in [4.69, 9.17) is 10.5 Å². The molecule has 4 aromatic rings. The average molecular weight is 439 g/mol. The molecule has 1 amide bonds. The highest BCUT2D eigenvalue weighted by Crippen LogP contribution is 2.35. The number of nitrogens with two attached hydrogens (primary N) is 1. The first-order valence-corrected chi connectivity index (χ1v) is 11.2. The van der Waals surface area contributed by atoms with Crippen molar-refractivity contribution < 1.29 is 9.53 Å². The second kappa shape index (κ2) is 8.41. The van der Waals surface area contributed by atoms with Gasteiger partial charge in [0.1, 0.15) is 15.5 Å². The minimum atomic E-state index is -0.276. The molecule has 0 atom stereocenters. The molecular weight excluding hydrogens is 416 g/mol. The molecule has 0 spiro atoms. The Kier molecular flexibility index (Phi) is 5.69. The number of anilines is 2. The zero-order valence-electron chi connectivity index (χ0n) is 16.9. The van der Waals surface area contributed by atoms with E-state index in [1.807, 2.05) is 41.8 Å². The van der Waals surface area contributed by atoms with Crippen molar-refractivity contribution in [2.24, 2.45) is 5.92 Å². The van der Waals surface area contributed by atoms with Gasteiger partial charge in [-0.25, -0.2) is 9.97 Å². The van der Waals surface area contributed by atoms with E-state index >= 15 is 0 Å². The third-order valence-corrected chi connectivity index (χ3v) is 6.45. The van der Waals surface area contributed by atoms with Crippen molar-refractivity contribution in [3.8, 4) is 17.0 Å². The number of benzene rings is 1. The van der Waals surface area contributed by atoms with E-state index in [0.717, 1.165) is 39.3 Å². The maximum atomic E-state index is 12.9. The maximum Gasteiger partial charge on any atom is 0.269 e. The molecule has 0 aliphatic carbocycles. The number of thiophene rings is 1. The van der Waals surface area contributed by atoms with Gasteiger partial charge in [0, 0.05) is 22.0 Å². The molecule has 0 radical (unpaired) electrons. The molecule has 0 saturated carbocycles. The van der Waals surface area contributed by atoms with E-state index < -0.39 is 0 Å². The van der Waals surface area contributed by atoms with Gasteiger partial charge in [-0.1, -0.05) is 26.0 Å². The molecule has 8 heteroatoms. The van der Waals surface area contributed by atoms with Crippen LogP contribution in [-0.2, 0) is 6.42 Å². The number of fused-ring (bicyclic) bond motifs is 1. The predicted molar refractivity (Wildman–Crippen MR) is 125 cm³/mol. The van der Waals surface area contributed by atoms with E-state index in [9.17, 15) is 4.79 Å². The van der Waals surface area contributed by atoms with Gasteiger partial charge in [0.15, 0.2) is 5.13 Å². The second-order valence-corrected chi connectivity index (χ2v) is 9.15. The number of thiazole rings is 1. The van der Waals surface area contributed by atoms with Crippen LogP contribution < -0.4 is 15.8 Å². The van der Waals surface area contributed by atoms with Crippen LogP contribution in [0.1, 0.15) is 29.2 Å². The molecule has 0 aliphatic heterocycles. The van der Waals surface area contributed by atoms with Gasteiger partial charge in [0.05, 0.1) is 18.5 Å². The first-order chi connectivity index (χ1) is 14.5. The molecule has 3 N–H and O–H groups in total. The number of pyridine rings is 1. The van der Waals surface area contributed by atoms with Crippen molar-refractivity contribution >= 4 is 49.6 Å². The van der Waals surface area contributed by atoms with Gasteiger partial charge in [-0.05, 0) is 36.6 Å². The summed E-state index contributed by atoms with van der Waals surface area (Å²) in [6.45, 7) is 4.31. The fourth-order valence-electron chi connectivity index (χ4n) is 3.20. The molecule has 30 heavy (non-hydrogen) atoms. The van der Waals surface area contributed by atoms with Crippen LogP contribution in [0, 0.1) is 5.92 Å². The largest absolute Gasteiger partial charge is 0.496 e. The fourth-order valence-corrected chi connectivity index (χ4v) is 4.91. The van der Waals surface area contributed by atoms with Crippen molar-refractivity contribution in [1.29, 1.82) is 0 Å². The quantitative estimate of drug-likeness (QED) is 0.417. The monoisotopic (exact) mass is 438 g/mol. The van der Waals surface area contributed by atoms with Gasteiger partial charge in [-0.3, -0.25) is 10.1 Å². The summed E-state index contributed by atoms with van der Waals surface area (Å²) in [6.07, 6.45) is 0.889. The number of para-hydroxylation sites is 1. The number of hydrogen-bond acceptors (Lipinski definition) is 7. The second-order valence-electron chi connectivity index (χ2n) is 7.29. The number of carbonyl (C=O) groups excluding carboxylic acids is 1. The topological polar surface area (TPSA) is 90.1 Å². The van der Waals surface area contributed by atoms with Crippen LogP contribution in [0.25, 0.3) is 21.5 Å². The Morgan fingerprint density at radius 1 is 1.20 bits per heavy atom. The number of nitrogens with zero attached hydrogens (tertiary/aromatic N) is 2. The highest BCUT2D eigenvalue weighted by atomic mass is 32.1. The lowest BCUT2D eigenvalue weighted by Gasteiger charge is -2.05. The van der Waals surface area contributed by atoms with E-state index in [2.05, 4.69) is 29.1 Å². The minimum Gasteiger partial charge on any atom is -0.496 e. The Bertz CT molecular complexity index is 1210. The van der Waals surface area contributed by atoms with Crippen LogP contribution in [0.4, 0.5) is 10.8 Å². The Balaban J connectivity index is 1.58. The van der Waals surface area contributed by atoms with Crippen LogP contribution in [0.15, 0.2) is 41.8 Å². The van der Waals surface area contributed by atoms with Crippen LogP contribution in [0.2, 0.25) is 0 Å². The lowest BCUT2D eigenvalue weighted by Crippen LogP contribution is -2.11. The van der Waals surface area contributed by atoms with Crippen LogP contribution in [0.3, 0.4) is 0 Å². The number of amides is 1. The third-order valence-electron chi connectivity index (χ3n) is 4.58. The standard InChI is InChI=1S/C22H22N4O2S2/c1-12(2)10-13-8-9-15-18(23)19(30-21(15)24-13)20(27)26-22-25-16(11-29-22)14-6-4-5-7-17(14)28-3/h4-9,11-12H,10,23H2,1-3H3,(H,25,26,27). The summed E-state index contributed by atoms with van der Waals surface area (Å²) in [5.41, 5.74) is 9.34. The molecule has 154 valence electrons. The van der Waals surface area contributed by atoms with Gasteiger partial charge in [0.25, 0.3) is 5.91 Å². The highest BCUT2D eigenvalue weighted by molar-refractivity contribution is 7.21. The molecular formula is C22H22N4O2S2. The molecule has 0 saturated heterocycles. The Morgan fingerprint density at radius 3 is 2.77 bits per heavy atom. The molecule has 3 aromatic heterocycles. The van der Waals surface area contributed by atoms with Gasteiger partial charge in [-0.15, -0.1) is 22.7 Å². The SMILES string of the molecule is COc1ccccc1-c1csc(NC(=O)c2sc3nc(CC(C)C)ccc3c2N)n1. The van der Waals surface area contributed by atoms with Crippen LogP contribution in [-0.4, -0.2) is 23.0 Å². The van der Waals surface area contributed by atoms with Crippen molar-refractivity contribution in [2.75, 3.05) is 18.2 Å². The van der Waals surface area contributed by atoms with Crippen LogP contribution >= 0.6 is 22.7 Å². The number of rotatable bonds is 6. The summed E-state index contributed by atoms with van der Waals surface area (Å²) in [5.74, 6) is 0.969. The lowest BCUT2D eigenvalue weighted by atomic mass is 10.1. The molecule has 3 heterocycles. The zero-order valence-corrected chi connectivity index (χ0v) is 18.6. The van der Waals surface area contributed by atoms with E-state index in [1.165, 1.54) is 22.7 Å². The number of carbonyl (C=O) groups is 1. The summed E-state index contributed by atoms with van der Waals surface area (Å²) < 4.78 is 5.40. The molecule has 0 fully saturated rings. The molecule has 0 aliphatic rings. The first kappa shape index (κ1) is 20.3. The van der Waals surface area contributed by atoms with Crippen molar-refractivity contribution in [1.82, 2.24) is 9.97 Å². The summed E-state index contributed by atoms with van der Waals surface area (Å²) in [6, 6.07) is 11.6. The molecule has 0 unspecified atom stereocenters. The summed E-state index contributed by atoms with van der Waals surface area (Å²) in [7, 11) is 1.62. The first-order valence-electron chi connectivity index (χ1n) is 9.54. The Hall–Kier alpha value is -2.97. The Labute approximate surface area is 182 Å². The van der Waals surface area contributed by atoms with Crippen molar-refractivity contribution in [2.45, 2.75) is 20.3 Å². The molecule has 6 nitrogen and oxygen atoms in total. The zero-order chi connectivity index (χ0) is 21.3. The maximum absolute atomic E-state index is 12.9. The highest BCUT2D eigenvalue weighted by Gasteiger charge is 2.19. The lowest BCUT2D eigenvalue weighted by molar-refractivity contribution is 0.103. The van der Waals surface area contributed by atoms with Crippen molar-refractivity contribution in [3.63, 3.8) is 0 Å². The summed E-state index contributed by atoms with van der Waals surface area (Å²) in [5, 5.41) is 6.07. The van der Waals surface area contributed by atoms with E-state index in [1.54, 1.807) is 7.11 Å². The molecule has 4 rings (SSSR count). The number of methoxy groups -OCH3 is 1. The van der Waals surface area contributed by atoms with E-state index in [-0.39, 0.29) is 5.91 Å². The van der Waals surface area contributed by atoms with Gasteiger partial charge >= 0.3 is 0 Å². The normalized spacial score (nSPS) is 11.2. The molecule has 1 aromatic carbocycles. The number of hydrogen-bond donors (Lipinski definition) is 2. The van der Waals surface area contributed by atoms with Crippen LogP contribution in [0.5, 0.6) is 5.75 Å². The molecule has 0 bridgehead atoms. The van der Waals surface area contributed by atoms with Gasteiger partial charge in [-0.2, -0.15) is 0 Å². The summed E-state index contributed by atoms with van der Waals surface area (Å²) >= 11 is 2.67. The number of nitrogen functional groups attached to an aromatic ring is 1. The van der Waals surface area contributed by atoms with Crippen molar-refractivity contribution in [3.05, 3.63) is 52.3 Å². The van der Waals surface area contributed by atoms with Gasteiger partial charge in [0.2, 0.25) is 0 Å². The number of nitrogens with one attached hydrogen (secondary N) is 1. The van der Waals surface area contributed by atoms with E-state index in [0.29, 0.717) is 21.6 Å². The fraction of sp³-hybridized carbons (Fsp3) is 0.227. The number of aromatic nitrogens is 2. The average Bonchev–Trinajstić information content (AvgIpc) is 3.32. The minimum absolute atomic E-state index is 0.276. The third kappa shape index (κ3) is 4.01. The summed E-state index contributed by atoms with van der Waals surface area (Å²) in [4.78, 5) is 23.3. The Morgan fingerprint density at radius 2 is 2.00 bits per heavy atom. The predicted octanol–water partition coefficient (Wildman–Crippen LogP) is 5.46. The van der Waals surface area contributed by atoms with Gasteiger partial charge < -0.3 is 10.5 Å². The smallest absolute Gasteiger partial charge is 0.269 e. The number of ether oxygens (including phenoxy) is 1.